The minimum absolute atomic E-state index is 0.0128. The molecule has 3 nitrogen and oxygen atoms in total. The summed E-state index contributed by atoms with van der Waals surface area (Å²) >= 11 is 0. The summed E-state index contributed by atoms with van der Waals surface area (Å²) in [6.07, 6.45) is 6.33. The van der Waals surface area contributed by atoms with E-state index in [0.717, 1.165) is 54.6 Å². The van der Waals surface area contributed by atoms with Gasteiger partial charge in [0.1, 0.15) is 11.6 Å². The van der Waals surface area contributed by atoms with Crippen LogP contribution >= 0.6 is 0 Å². The van der Waals surface area contributed by atoms with Gasteiger partial charge in [0.25, 0.3) is 0 Å². The molecule has 1 aliphatic rings. The van der Waals surface area contributed by atoms with Gasteiger partial charge >= 0.3 is 0 Å². The first-order chi connectivity index (χ1) is 15.5. The number of carbonyl (C=O) groups is 1. The molecule has 3 aromatic rings. The zero-order valence-electron chi connectivity index (χ0n) is 18.4. The third-order valence-corrected chi connectivity index (χ3v) is 6.14. The van der Waals surface area contributed by atoms with E-state index < -0.39 is 0 Å². The van der Waals surface area contributed by atoms with Crippen molar-refractivity contribution in [3.8, 4) is 0 Å². The molecule has 1 unspecified atom stereocenters. The van der Waals surface area contributed by atoms with Crippen LogP contribution in [-0.2, 0) is 17.6 Å². The fourth-order valence-electron chi connectivity index (χ4n) is 4.44. The minimum atomic E-state index is -0.234. The summed E-state index contributed by atoms with van der Waals surface area (Å²) in [7, 11) is 0. The molecule has 32 heavy (non-hydrogen) atoms. The summed E-state index contributed by atoms with van der Waals surface area (Å²) in [5, 5.41) is 0. The van der Waals surface area contributed by atoms with Crippen molar-refractivity contribution in [2.75, 3.05) is 6.54 Å². The van der Waals surface area contributed by atoms with Gasteiger partial charge in [-0.25, -0.2) is 8.78 Å². The first-order valence-corrected chi connectivity index (χ1v) is 11.2. The summed E-state index contributed by atoms with van der Waals surface area (Å²) in [5.41, 5.74) is 4.54. The molecule has 0 aliphatic carbocycles. The van der Waals surface area contributed by atoms with E-state index in [1.165, 1.54) is 12.1 Å². The Labute approximate surface area is 188 Å². The predicted octanol–water partition coefficient (Wildman–Crippen LogP) is 5.95. The van der Waals surface area contributed by atoms with Crippen LogP contribution in [0.25, 0.3) is 0 Å². The number of pyridine rings is 1. The number of aromatic nitrogens is 1. The van der Waals surface area contributed by atoms with Crippen molar-refractivity contribution < 1.29 is 13.6 Å². The molecule has 2 heterocycles. The van der Waals surface area contributed by atoms with Gasteiger partial charge in [0.2, 0.25) is 5.91 Å². The lowest BCUT2D eigenvalue weighted by Crippen LogP contribution is -2.30. The maximum atomic E-state index is 13.4. The van der Waals surface area contributed by atoms with Gasteiger partial charge in [0, 0.05) is 19.2 Å². The van der Waals surface area contributed by atoms with Gasteiger partial charge in [0.05, 0.1) is 11.7 Å². The van der Waals surface area contributed by atoms with Gasteiger partial charge in [-0.2, -0.15) is 0 Å². The zero-order valence-corrected chi connectivity index (χ0v) is 18.4. The number of benzene rings is 2. The Morgan fingerprint density at radius 1 is 1.06 bits per heavy atom. The molecule has 0 bridgehead atoms. The lowest BCUT2D eigenvalue weighted by atomic mass is 10.0. The van der Waals surface area contributed by atoms with Crippen molar-refractivity contribution >= 4 is 5.91 Å². The summed E-state index contributed by atoms with van der Waals surface area (Å²) in [6.45, 7) is 2.51. The van der Waals surface area contributed by atoms with Crippen molar-refractivity contribution in [1.82, 2.24) is 9.88 Å². The van der Waals surface area contributed by atoms with Crippen molar-refractivity contribution in [3.05, 3.63) is 100 Å². The van der Waals surface area contributed by atoms with Crippen LogP contribution in [0.15, 0.2) is 60.8 Å². The van der Waals surface area contributed by atoms with Gasteiger partial charge in [-0.15, -0.1) is 0 Å². The number of aryl methyl sites for hydroxylation is 2. The van der Waals surface area contributed by atoms with Gasteiger partial charge < -0.3 is 4.90 Å². The van der Waals surface area contributed by atoms with E-state index in [1.54, 1.807) is 25.1 Å². The van der Waals surface area contributed by atoms with E-state index >= 15 is 0 Å². The van der Waals surface area contributed by atoms with Gasteiger partial charge in [-0.3, -0.25) is 9.78 Å². The van der Waals surface area contributed by atoms with Crippen molar-refractivity contribution in [2.45, 2.75) is 51.5 Å². The fraction of sp³-hybridized carbons (Fsp3) is 0.333. The van der Waals surface area contributed by atoms with E-state index in [9.17, 15) is 13.6 Å². The second-order valence-corrected chi connectivity index (χ2v) is 8.58. The van der Waals surface area contributed by atoms with Gasteiger partial charge in [0.15, 0.2) is 0 Å². The molecule has 0 spiro atoms. The molecule has 1 amide bonds. The number of halogens is 2. The van der Waals surface area contributed by atoms with Crippen LogP contribution in [0.5, 0.6) is 0 Å². The molecule has 0 saturated carbocycles. The van der Waals surface area contributed by atoms with Crippen LogP contribution < -0.4 is 0 Å². The molecule has 2 aromatic carbocycles. The standard InChI is InChI=1S/C27H28F2N2O/c1-19-15-20(10-12-24(19)29)5-3-9-27(32)31-14-4-8-26(31)25-13-11-22(18-30-25)16-21-6-2-7-23(28)17-21/h2,6-7,10-13,15,17-18,26H,3-5,8-9,14,16H2,1H3. The second-order valence-electron chi connectivity index (χ2n) is 8.58. The predicted molar refractivity (Wildman–Crippen MR) is 121 cm³/mol. The largest absolute Gasteiger partial charge is 0.334 e. The average Bonchev–Trinajstić information content (AvgIpc) is 3.27. The topological polar surface area (TPSA) is 33.2 Å². The van der Waals surface area contributed by atoms with Crippen LogP contribution in [-0.4, -0.2) is 22.3 Å². The smallest absolute Gasteiger partial charge is 0.223 e. The Balaban J connectivity index is 1.34. The molecule has 1 atom stereocenters. The molecule has 1 aliphatic heterocycles. The summed E-state index contributed by atoms with van der Waals surface area (Å²) in [4.78, 5) is 19.5. The minimum Gasteiger partial charge on any atom is -0.334 e. The third-order valence-electron chi connectivity index (χ3n) is 6.14. The second kappa shape index (κ2) is 10.0. The first kappa shape index (κ1) is 22.1. The molecule has 4 rings (SSSR count). The number of nitrogens with zero attached hydrogens (tertiary/aromatic N) is 2. The first-order valence-electron chi connectivity index (χ1n) is 11.2. The summed E-state index contributed by atoms with van der Waals surface area (Å²) < 4.78 is 26.8. The third kappa shape index (κ3) is 5.39. The van der Waals surface area contributed by atoms with E-state index in [0.29, 0.717) is 18.4 Å². The number of amides is 1. The number of carbonyl (C=O) groups excluding carboxylic acids is 1. The number of hydrogen-bond donors (Lipinski definition) is 0. The van der Waals surface area contributed by atoms with E-state index in [-0.39, 0.29) is 23.6 Å². The van der Waals surface area contributed by atoms with Crippen LogP contribution in [0.4, 0.5) is 8.78 Å². The van der Waals surface area contributed by atoms with Crippen molar-refractivity contribution in [1.29, 1.82) is 0 Å². The fourth-order valence-corrected chi connectivity index (χ4v) is 4.44. The van der Waals surface area contributed by atoms with E-state index in [1.807, 2.05) is 35.4 Å². The lowest BCUT2D eigenvalue weighted by Gasteiger charge is -2.24. The molecule has 166 valence electrons. The van der Waals surface area contributed by atoms with Crippen LogP contribution in [0.2, 0.25) is 0 Å². The normalized spacial score (nSPS) is 15.8. The molecule has 1 aromatic heterocycles. The van der Waals surface area contributed by atoms with E-state index in [2.05, 4.69) is 4.98 Å². The zero-order chi connectivity index (χ0) is 22.5. The summed E-state index contributed by atoms with van der Waals surface area (Å²) in [6, 6.07) is 15.8. The Morgan fingerprint density at radius 2 is 1.91 bits per heavy atom. The highest BCUT2D eigenvalue weighted by molar-refractivity contribution is 5.77. The molecule has 1 fully saturated rings. The van der Waals surface area contributed by atoms with Gasteiger partial charge in [-0.05, 0) is 85.5 Å². The number of hydrogen-bond acceptors (Lipinski definition) is 2. The molecule has 0 N–H and O–H groups in total. The maximum absolute atomic E-state index is 13.4. The van der Waals surface area contributed by atoms with Crippen molar-refractivity contribution in [2.24, 2.45) is 0 Å². The Kier molecular flexibility index (Phi) is 6.93. The molecular weight excluding hydrogens is 406 g/mol. The molecule has 0 radical (unpaired) electrons. The number of rotatable bonds is 7. The Morgan fingerprint density at radius 3 is 2.66 bits per heavy atom. The van der Waals surface area contributed by atoms with Gasteiger partial charge in [-0.1, -0.05) is 30.3 Å². The molecular formula is C27H28F2N2O. The Hall–Kier alpha value is -3.08. The lowest BCUT2D eigenvalue weighted by molar-refractivity contribution is -0.132. The van der Waals surface area contributed by atoms with E-state index in [4.69, 9.17) is 0 Å². The summed E-state index contributed by atoms with van der Waals surface area (Å²) in [5.74, 6) is -0.280. The number of likely N-dealkylation sites (tertiary alicyclic amines) is 1. The highest BCUT2D eigenvalue weighted by atomic mass is 19.1. The van der Waals surface area contributed by atoms with Crippen LogP contribution in [0, 0.1) is 18.6 Å². The SMILES string of the molecule is Cc1cc(CCCC(=O)N2CCCC2c2ccc(Cc3cccc(F)c3)cn2)ccc1F. The van der Waals surface area contributed by atoms with Crippen LogP contribution in [0.1, 0.15) is 59.7 Å². The monoisotopic (exact) mass is 434 g/mol. The average molecular weight is 435 g/mol. The molecule has 1 saturated heterocycles. The van der Waals surface area contributed by atoms with Crippen molar-refractivity contribution in [3.63, 3.8) is 0 Å². The Bertz CT molecular complexity index is 1080. The highest BCUT2D eigenvalue weighted by Crippen LogP contribution is 2.31. The maximum Gasteiger partial charge on any atom is 0.223 e. The highest BCUT2D eigenvalue weighted by Gasteiger charge is 2.30. The van der Waals surface area contributed by atoms with Crippen LogP contribution in [0.3, 0.4) is 0 Å². The quantitative estimate of drug-likeness (QED) is 0.461. The molecule has 5 heteroatoms.